The molecule has 1 saturated heterocycles. The van der Waals surface area contributed by atoms with Gasteiger partial charge in [0, 0.05) is 36.8 Å². The van der Waals surface area contributed by atoms with Crippen LogP contribution in [0.3, 0.4) is 0 Å². The number of rotatable bonds is 3. The Balaban J connectivity index is 1.91. The van der Waals surface area contributed by atoms with Crippen LogP contribution < -0.4 is 5.43 Å². The molecule has 6 heteroatoms. The SMILES string of the molecule is CN1CCN(NC(=O)Cc2c(F)cccc2Cl)CC1. The van der Waals surface area contributed by atoms with Gasteiger partial charge in [0.25, 0.3) is 0 Å². The molecule has 0 unspecified atom stereocenters. The Labute approximate surface area is 117 Å². The van der Waals surface area contributed by atoms with Crippen LogP contribution in [0, 0.1) is 5.82 Å². The van der Waals surface area contributed by atoms with E-state index in [2.05, 4.69) is 10.3 Å². The number of piperazine rings is 1. The van der Waals surface area contributed by atoms with Crippen LogP contribution in [0.1, 0.15) is 5.56 Å². The van der Waals surface area contributed by atoms with Gasteiger partial charge in [0.05, 0.1) is 6.42 Å². The summed E-state index contributed by atoms with van der Waals surface area (Å²) in [6.45, 7) is 3.35. The fourth-order valence-electron chi connectivity index (χ4n) is 2.00. The Morgan fingerprint density at radius 3 is 2.68 bits per heavy atom. The van der Waals surface area contributed by atoms with E-state index in [0.717, 1.165) is 26.2 Å². The summed E-state index contributed by atoms with van der Waals surface area (Å²) >= 11 is 5.90. The van der Waals surface area contributed by atoms with Crippen LogP contribution in [-0.2, 0) is 11.2 Å². The van der Waals surface area contributed by atoms with Crippen LogP contribution in [0.4, 0.5) is 4.39 Å². The van der Waals surface area contributed by atoms with Crippen LogP contribution in [0.2, 0.25) is 5.02 Å². The van der Waals surface area contributed by atoms with Gasteiger partial charge < -0.3 is 4.90 Å². The van der Waals surface area contributed by atoms with Crippen molar-refractivity contribution in [3.63, 3.8) is 0 Å². The van der Waals surface area contributed by atoms with Crippen molar-refractivity contribution in [2.75, 3.05) is 33.2 Å². The number of hydrogen-bond donors (Lipinski definition) is 1. The van der Waals surface area contributed by atoms with Crippen molar-refractivity contribution >= 4 is 17.5 Å². The van der Waals surface area contributed by atoms with Crippen LogP contribution in [-0.4, -0.2) is 49.0 Å². The number of carbonyl (C=O) groups is 1. The summed E-state index contributed by atoms with van der Waals surface area (Å²) in [7, 11) is 2.04. The van der Waals surface area contributed by atoms with Crippen molar-refractivity contribution in [1.82, 2.24) is 15.3 Å². The van der Waals surface area contributed by atoms with Crippen molar-refractivity contribution in [3.8, 4) is 0 Å². The molecule has 19 heavy (non-hydrogen) atoms. The predicted octanol–water partition coefficient (Wildman–Crippen LogP) is 1.30. The molecule has 2 rings (SSSR count). The minimum absolute atomic E-state index is 0.0438. The van der Waals surface area contributed by atoms with Gasteiger partial charge in [-0.15, -0.1) is 0 Å². The molecule has 0 atom stereocenters. The molecule has 0 spiro atoms. The highest BCUT2D eigenvalue weighted by atomic mass is 35.5. The molecule has 0 saturated carbocycles. The first-order chi connectivity index (χ1) is 9.06. The molecule has 1 aromatic rings. The van der Waals surface area contributed by atoms with Crippen LogP contribution in [0.5, 0.6) is 0 Å². The maximum Gasteiger partial charge on any atom is 0.238 e. The third-order valence-electron chi connectivity index (χ3n) is 3.19. The van der Waals surface area contributed by atoms with Gasteiger partial charge in [0.1, 0.15) is 5.82 Å². The molecule has 1 aromatic carbocycles. The quantitative estimate of drug-likeness (QED) is 0.909. The Bertz CT molecular complexity index is 441. The molecule has 1 aliphatic rings. The van der Waals surface area contributed by atoms with Gasteiger partial charge in [-0.2, -0.15) is 0 Å². The molecule has 1 N–H and O–H groups in total. The average molecular weight is 286 g/mol. The van der Waals surface area contributed by atoms with E-state index >= 15 is 0 Å². The zero-order valence-corrected chi connectivity index (χ0v) is 11.6. The molecule has 104 valence electrons. The molecular weight excluding hydrogens is 269 g/mol. The second kappa shape index (κ2) is 6.32. The fourth-order valence-corrected chi connectivity index (χ4v) is 2.23. The van der Waals surface area contributed by atoms with E-state index in [0.29, 0.717) is 0 Å². The number of hydrogen-bond acceptors (Lipinski definition) is 3. The molecule has 0 bridgehead atoms. The summed E-state index contributed by atoms with van der Waals surface area (Å²) in [6.07, 6.45) is -0.0438. The molecule has 0 aliphatic carbocycles. The number of nitrogens with one attached hydrogen (secondary N) is 1. The summed E-state index contributed by atoms with van der Waals surface area (Å²) in [5.74, 6) is -0.683. The molecular formula is C13H17ClFN3O. The zero-order valence-electron chi connectivity index (χ0n) is 10.8. The second-order valence-corrected chi connectivity index (χ2v) is 5.11. The number of hydrazine groups is 1. The number of carbonyl (C=O) groups excluding carboxylic acids is 1. The minimum atomic E-state index is -0.443. The van der Waals surface area contributed by atoms with Crippen molar-refractivity contribution in [2.45, 2.75) is 6.42 Å². The molecule has 1 heterocycles. The second-order valence-electron chi connectivity index (χ2n) is 4.70. The van der Waals surface area contributed by atoms with Crippen molar-refractivity contribution < 1.29 is 9.18 Å². The first-order valence-corrected chi connectivity index (χ1v) is 6.60. The number of benzene rings is 1. The summed E-state index contributed by atoms with van der Waals surface area (Å²) < 4.78 is 13.6. The molecule has 0 radical (unpaired) electrons. The monoisotopic (exact) mass is 285 g/mol. The first-order valence-electron chi connectivity index (χ1n) is 6.22. The lowest BCUT2D eigenvalue weighted by Gasteiger charge is -2.32. The largest absolute Gasteiger partial charge is 0.304 e. The predicted molar refractivity (Wildman–Crippen MR) is 72.3 cm³/mol. The van der Waals surface area contributed by atoms with Gasteiger partial charge in [-0.1, -0.05) is 17.7 Å². The average Bonchev–Trinajstić information content (AvgIpc) is 2.37. The van der Waals surface area contributed by atoms with E-state index in [1.54, 1.807) is 6.07 Å². The summed E-state index contributed by atoms with van der Waals surface area (Å²) in [4.78, 5) is 14.1. The fraction of sp³-hybridized carbons (Fsp3) is 0.462. The van der Waals surface area contributed by atoms with Gasteiger partial charge in [-0.25, -0.2) is 9.40 Å². The van der Waals surface area contributed by atoms with Gasteiger partial charge in [0.2, 0.25) is 5.91 Å². The molecule has 1 fully saturated rings. The lowest BCUT2D eigenvalue weighted by molar-refractivity contribution is -0.126. The minimum Gasteiger partial charge on any atom is -0.304 e. The van der Waals surface area contributed by atoms with Crippen molar-refractivity contribution in [2.24, 2.45) is 0 Å². The number of amides is 1. The summed E-state index contributed by atoms with van der Waals surface area (Å²) in [5.41, 5.74) is 3.03. The maximum absolute atomic E-state index is 13.6. The highest BCUT2D eigenvalue weighted by molar-refractivity contribution is 6.31. The standard InChI is InChI=1S/C13H17ClFN3O/c1-17-5-7-18(8-6-17)16-13(19)9-10-11(14)3-2-4-12(10)15/h2-4H,5-9H2,1H3,(H,16,19). The molecule has 1 amide bonds. The Morgan fingerprint density at radius 1 is 1.37 bits per heavy atom. The Morgan fingerprint density at radius 2 is 2.05 bits per heavy atom. The number of halogens is 2. The van der Waals surface area contributed by atoms with Crippen LogP contribution in [0.25, 0.3) is 0 Å². The third-order valence-corrected chi connectivity index (χ3v) is 3.54. The molecule has 0 aromatic heterocycles. The molecule has 4 nitrogen and oxygen atoms in total. The van der Waals surface area contributed by atoms with Crippen molar-refractivity contribution in [3.05, 3.63) is 34.6 Å². The topological polar surface area (TPSA) is 35.6 Å². The zero-order chi connectivity index (χ0) is 13.8. The van der Waals surface area contributed by atoms with Crippen LogP contribution in [0.15, 0.2) is 18.2 Å². The normalized spacial score (nSPS) is 17.4. The van der Waals surface area contributed by atoms with Crippen LogP contribution >= 0.6 is 11.6 Å². The number of likely N-dealkylation sites (N-methyl/N-ethyl adjacent to an activating group) is 1. The highest BCUT2D eigenvalue weighted by Crippen LogP contribution is 2.19. The molecule has 1 aliphatic heterocycles. The van der Waals surface area contributed by atoms with Gasteiger partial charge >= 0.3 is 0 Å². The van der Waals surface area contributed by atoms with Gasteiger partial charge in [-0.3, -0.25) is 10.2 Å². The van der Waals surface area contributed by atoms with E-state index in [4.69, 9.17) is 11.6 Å². The number of nitrogens with zero attached hydrogens (tertiary/aromatic N) is 2. The maximum atomic E-state index is 13.6. The van der Waals surface area contributed by atoms with E-state index in [1.165, 1.54) is 12.1 Å². The lowest BCUT2D eigenvalue weighted by atomic mass is 10.1. The highest BCUT2D eigenvalue weighted by Gasteiger charge is 2.17. The van der Waals surface area contributed by atoms with E-state index in [9.17, 15) is 9.18 Å². The van der Waals surface area contributed by atoms with Gasteiger partial charge in [0.15, 0.2) is 0 Å². The first kappa shape index (κ1) is 14.2. The Kier molecular flexibility index (Phi) is 4.74. The smallest absolute Gasteiger partial charge is 0.238 e. The summed E-state index contributed by atoms with van der Waals surface area (Å²) in [5, 5.41) is 2.14. The Hall–Kier alpha value is -1.17. The van der Waals surface area contributed by atoms with Crippen molar-refractivity contribution in [1.29, 1.82) is 0 Å². The lowest BCUT2D eigenvalue weighted by Crippen LogP contribution is -2.52. The van der Waals surface area contributed by atoms with E-state index in [-0.39, 0.29) is 22.9 Å². The van der Waals surface area contributed by atoms with Gasteiger partial charge in [-0.05, 0) is 19.2 Å². The van der Waals surface area contributed by atoms with E-state index < -0.39 is 5.82 Å². The summed E-state index contributed by atoms with van der Waals surface area (Å²) in [6, 6.07) is 4.42. The van der Waals surface area contributed by atoms with E-state index in [1.807, 2.05) is 12.1 Å². The third kappa shape index (κ3) is 3.89.